The maximum Gasteiger partial charge on any atom is 0.342 e. The SMILES string of the molecule is CC(C)OC(=O)[C@H](C)NP(=O)(N[C@@H](C)C(=O)OC(C)C)OC[C@@]1(C(F)F)O[C@@H](n2ccc(=O)[nH]c2=O)C(F)(F)[C@@H]1O. The van der Waals surface area contributed by atoms with Gasteiger partial charge in [0.1, 0.15) is 12.1 Å². The number of halogens is 4. The number of carbonyl (C=O) groups is 2. The standard InChI is InChI=1S/C22H33F4N4O10P/c1-10(2)38-15(32)12(5)28-41(36,29-13(6)16(33)39-11(3)4)37-9-21(18(23)24)17(34)22(25,26)19(40-21)30-8-7-14(31)27-20(30)35/h7-8,10-13,17-19,34H,9H2,1-6H3,(H,27,31,35)(H2,28,29,36)/t12-,13-,17+,19+,21+/m0/s1. The molecule has 1 fully saturated rings. The van der Waals surface area contributed by atoms with Crippen LogP contribution in [-0.4, -0.2) is 81.5 Å². The zero-order valence-electron chi connectivity index (χ0n) is 22.9. The second-order valence-corrected chi connectivity index (χ2v) is 11.7. The third-order valence-corrected chi connectivity index (χ3v) is 7.52. The van der Waals surface area contributed by atoms with Gasteiger partial charge in [-0.15, -0.1) is 0 Å². The van der Waals surface area contributed by atoms with Crippen LogP contribution in [0.25, 0.3) is 0 Å². The average molecular weight is 620 g/mol. The molecule has 0 bridgehead atoms. The monoisotopic (exact) mass is 620 g/mol. The third-order valence-electron chi connectivity index (χ3n) is 5.57. The van der Waals surface area contributed by atoms with E-state index in [1.54, 1.807) is 4.98 Å². The summed E-state index contributed by atoms with van der Waals surface area (Å²) >= 11 is 0. The molecule has 1 aliphatic heterocycles. The fourth-order valence-corrected chi connectivity index (χ4v) is 5.44. The van der Waals surface area contributed by atoms with Gasteiger partial charge in [-0.3, -0.25) is 28.5 Å². The van der Waals surface area contributed by atoms with Crippen molar-refractivity contribution in [1.82, 2.24) is 19.7 Å². The van der Waals surface area contributed by atoms with E-state index in [0.717, 1.165) is 13.8 Å². The number of aromatic nitrogens is 2. The molecule has 0 aliphatic carbocycles. The number of ether oxygens (including phenoxy) is 3. The first-order valence-corrected chi connectivity index (χ1v) is 13.9. The number of H-pyrrole nitrogens is 1. The Kier molecular flexibility index (Phi) is 11.1. The summed E-state index contributed by atoms with van der Waals surface area (Å²) in [4.78, 5) is 49.7. The predicted molar refractivity (Wildman–Crippen MR) is 132 cm³/mol. The van der Waals surface area contributed by atoms with Crippen molar-refractivity contribution in [2.45, 2.75) is 96.1 Å². The second-order valence-electron chi connectivity index (χ2n) is 9.82. The molecule has 1 aliphatic rings. The van der Waals surface area contributed by atoms with Crippen LogP contribution < -0.4 is 21.4 Å². The maximum absolute atomic E-state index is 15.1. The Balaban J connectivity index is 2.45. The molecule has 0 radical (unpaired) electrons. The van der Waals surface area contributed by atoms with Gasteiger partial charge in [-0.25, -0.2) is 23.7 Å². The molecule has 0 aromatic carbocycles. The lowest BCUT2D eigenvalue weighted by molar-refractivity contribution is -0.192. The molecule has 1 aromatic rings. The van der Waals surface area contributed by atoms with E-state index in [9.17, 15) is 37.6 Å². The second kappa shape index (κ2) is 13.1. The molecule has 0 unspecified atom stereocenters. The van der Waals surface area contributed by atoms with Crippen LogP contribution in [0.5, 0.6) is 0 Å². The average Bonchev–Trinajstić information content (AvgIpc) is 3.03. The Labute approximate surface area is 231 Å². The topological polar surface area (TPSA) is 187 Å². The van der Waals surface area contributed by atoms with Crippen molar-refractivity contribution in [3.05, 3.63) is 33.1 Å². The van der Waals surface area contributed by atoms with Crippen LogP contribution >= 0.6 is 7.67 Å². The molecule has 41 heavy (non-hydrogen) atoms. The molecule has 4 N–H and O–H groups in total. The molecule has 0 spiro atoms. The molecular formula is C22H33F4N4O10P. The summed E-state index contributed by atoms with van der Waals surface area (Å²) in [7, 11) is -4.82. The first kappa shape index (κ1) is 34.6. The van der Waals surface area contributed by atoms with Crippen LogP contribution in [0.15, 0.2) is 21.9 Å². The highest BCUT2D eigenvalue weighted by Gasteiger charge is 2.71. The quantitative estimate of drug-likeness (QED) is 0.140. The van der Waals surface area contributed by atoms with Crippen molar-refractivity contribution in [1.29, 1.82) is 0 Å². The van der Waals surface area contributed by atoms with E-state index in [4.69, 9.17) is 18.7 Å². The van der Waals surface area contributed by atoms with Crippen molar-refractivity contribution < 1.29 is 55.6 Å². The van der Waals surface area contributed by atoms with Crippen molar-refractivity contribution in [2.24, 2.45) is 0 Å². The Morgan fingerprint density at radius 1 is 1.07 bits per heavy atom. The van der Waals surface area contributed by atoms with Crippen molar-refractivity contribution in [2.75, 3.05) is 6.61 Å². The lowest BCUT2D eigenvalue weighted by Crippen LogP contribution is -2.55. The van der Waals surface area contributed by atoms with Gasteiger partial charge in [0.2, 0.25) is 6.23 Å². The van der Waals surface area contributed by atoms with Gasteiger partial charge < -0.3 is 23.8 Å². The maximum atomic E-state index is 15.1. The zero-order chi connectivity index (χ0) is 31.5. The van der Waals surface area contributed by atoms with Gasteiger partial charge >= 0.3 is 31.2 Å². The molecule has 2 heterocycles. The van der Waals surface area contributed by atoms with Crippen molar-refractivity contribution >= 4 is 19.6 Å². The van der Waals surface area contributed by atoms with E-state index in [-0.39, 0.29) is 4.57 Å². The van der Waals surface area contributed by atoms with Gasteiger partial charge in [0.15, 0.2) is 11.7 Å². The normalized spacial score (nSPS) is 24.0. The largest absolute Gasteiger partial charge is 0.462 e. The lowest BCUT2D eigenvalue weighted by atomic mass is 9.96. The first-order valence-electron chi connectivity index (χ1n) is 12.3. The number of aliphatic hydroxyl groups excluding tert-OH is 1. The van der Waals surface area contributed by atoms with E-state index in [2.05, 4.69) is 10.2 Å². The number of aromatic amines is 1. The number of nitrogens with one attached hydrogen (secondary N) is 3. The van der Waals surface area contributed by atoms with Crippen LogP contribution in [0.1, 0.15) is 47.8 Å². The van der Waals surface area contributed by atoms with E-state index < -0.39 is 92.0 Å². The fraction of sp³-hybridized carbons (Fsp3) is 0.727. The number of nitrogens with zero attached hydrogens (tertiary/aromatic N) is 1. The number of alkyl halides is 4. The molecule has 0 saturated carbocycles. The molecule has 0 amide bonds. The van der Waals surface area contributed by atoms with Crippen LogP contribution in [0, 0.1) is 0 Å². The van der Waals surface area contributed by atoms with Gasteiger partial charge in [0, 0.05) is 12.3 Å². The van der Waals surface area contributed by atoms with Crippen molar-refractivity contribution in [3.8, 4) is 0 Å². The van der Waals surface area contributed by atoms with Gasteiger partial charge in [-0.2, -0.15) is 8.78 Å². The Hall–Kier alpha value is -2.63. The minimum Gasteiger partial charge on any atom is -0.462 e. The summed E-state index contributed by atoms with van der Waals surface area (Å²) in [5, 5.41) is 14.7. The van der Waals surface area contributed by atoms with E-state index in [1.807, 2.05) is 0 Å². The molecule has 234 valence electrons. The summed E-state index contributed by atoms with van der Waals surface area (Å²) in [5.74, 6) is -6.49. The van der Waals surface area contributed by atoms with Crippen LogP contribution in [0.3, 0.4) is 0 Å². The highest BCUT2D eigenvalue weighted by Crippen LogP contribution is 2.52. The summed E-state index contributed by atoms with van der Waals surface area (Å²) in [6.07, 6.45) is -10.8. The molecule has 1 aromatic heterocycles. The number of esters is 2. The van der Waals surface area contributed by atoms with Gasteiger partial charge in [-0.05, 0) is 41.5 Å². The van der Waals surface area contributed by atoms with Crippen LogP contribution in [0.4, 0.5) is 17.6 Å². The summed E-state index contributed by atoms with van der Waals surface area (Å²) in [6, 6.07) is -2.26. The Morgan fingerprint density at radius 3 is 1.98 bits per heavy atom. The highest BCUT2D eigenvalue weighted by molar-refractivity contribution is 7.54. The lowest BCUT2D eigenvalue weighted by Gasteiger charge is -2.33. The summed E-state index contributed by atoms with van der Waals surface area (Å²) in [6.45, 7) is 6.67. The number of rotatable bonds is 13. The molecule has 19 heteroatoms. The van der Waals surface area contributed by atoms with Gasteiger partial charge in [0.25, 0.3) is 12.0 Å². The number of hydrogen-bond donors (Lipinski definition) is 4. The minimum atomic E-state index is -4.82. The fourth-order valence-electron chi connectivity index (χ4n) is 3.60. The van der Waals surface area contributed by atoms with E-state index >= 15 is 8.78 Å². The molecular weight excluding hydrogens is 587 g/mol. The van der Waals surface area contributed by atoms with E-state index in [1.165, 1.54) is 27.7 Å². The minimum absolute atomic E-state index is 0.0822. The third kappa shape index (κ3) is 8.02. The molecule has 2 rings (SSSR count). The summed E-state index contributed by atoms with van der Waals surface area (Å²) in [5.41, 5.74) is -6.03. The summed E-state index contributed by atoms with van der Waals surface area (Å²) < 4.78 is 92.6. The Bertz CT molecular complexity index is 1230. The van der Waals surface area contributed by atoms with Crippen LogP contribution in [-0.2, 0) is 32.9 Å². The van der Waals surface area contributed by atoms with Gasteiger partial charge in [0.05, 0.1) is 18.8 Å². The smallest absolute Gasteiger partial charge is 0.342 e. The number of aliphatic hydroxyl groups is 1. The number of carbonyl (C=O) groups excluding carboxylic acids is 2. The van der Waals surface area contributed by atoms with E-state index in [0.29, 0.717) is 12.3 Å². The highest BCUT2D eigenvalue weighted by atomic mass is 31.2. The molecule has 14 nitrogen and oxygen atoms in total. The Morgan fingerprint density at radius 2 is 1.56 bits per heavy atom. The predicted octanol–water partition coefficient (Wildman–Crippen LogP) is 1.05. The molecule has 5 atom stereocenters. The van der Waals surface area contributed by atoms with Gasteiger partial charge in [-0.1, -0.05) is 0 Å². The zero-order valence-corrected chi connectivity index (χ0v) is 23.8. The first-order chi connectivity index (χ1) is 18.8. The van der Waals surface area contributed by atoms with Crippen molar-refractivity contribution in [3.63, 3.8) is 0 Å². The van der Waals surface area contributed by atoms with Crippen LogP contribution in [0.2, 0.25) is 0 Å². The number of hydrogen-bond acceptors (Lipinski definition) is 10. The molecule has 1 saturated heterocycles.